The molecular weight excluding hydrogens is 789 g/mol. The number of unbranched alkanes of at least 4 members (excludes halogenated alkanes) is 9. The number of hydrogen-bond donors (Lipinski definition) is 4. The summed E-state index contributed by atoms with van der Waals surface area (Å²) in [6, 6.07) is 0. The Balaban J connectivity index is 2.52. The minimum atomic E-state index is -4.61. The van der Waals surface area contributed by atoms with Crippen molar-refractivity contribution in [2.75, 3.05) is 19.0 Å². The first-order valence-corrected chi connectivity index (χ1v) is 23.8. The summed E-state index contributed by atoms with van der Waals surface area (Å²) in [5.41, 5.74) is 0. The zero-order valence-electron chi connectivity index (χ0n) is 36.3. The molecule has 0 aromatic carbocycles. The predicted molar refractivity (Wildman–Crippen MR) is 238 cm³/mol. The summed E-state index contributed by atoms with van der Waals surface area (Å²) < 4.78 is 54.0. The number of aliphatic hydroxyl groups excluding tert-OH is 3. The van der Waals surface area contributed by atoms with Crippen molar-refractivity contribution < 1.29 is 56.8 Å². The average molecular weight is 865 g/mol. The van der Waals surface area contributed by atoms with Crippen LogP contribution in [0.3, 0.4) is 0 Å². The second-order valence-electron chi connectivity index (χ2n) is 15.0. The number of allylic oxidation sites excluding steroid dienone is 14. The Labute approximate surface area is 360 Å². The molecule has 1 fully saturated rings. The van der Waals surface area contributed by atoms with E-state index in [1.165, 1.54) is 19.3 Å². The highest BCUT2D eigenvalue weighted by atomic mass is 32.2. The molecule has 0 spiro atoms. The standard InChI is InChI=1S/C47H76O12S/c1-3-5-7-9-11-13-15-17-19-20-22-23-25-27-29-31-33-35-42(48)56-37-40(38-57-47-46(52)45(51)44(50)41(59-47)39-60(53,54)55)58-43(49)36-34-32-30-28-26-24-21-18-16-14-12-10-8-6-4-2/h6,8,11-14,17-19,21-23,27,29,40-41,44-47,50-52H,3-5,7,9-10,15-16,20,24-26,28,30-39H2,1-2H3,(H,53,54,55)/b8-6+,13-11+,14-12+,19-17+,21-18+,23-22+,29-27+/t40-,41-,44-,45?,46?,47+/m1/s1. The summed E-state index contributed by atoms with van der Waals surface area (Å²) in [5.74, 6) is -2.09. The van der Waals surface area contributed by atoms with E-state index in [1.807, 2.05) is 12.2 Å². The first-order valence-electron chi connectivity index (χ1n) is 22.1. The number of rotatable bonds is 35. The van der Waals surface area contributed by atoms with Crippen LogP contribution in [0.2, 0.25) is 0 Å². The smallest absolute Gasteiger partial charge is 0.306 e. The summed E-state index contributed by atoms with van der Waals surface area (Å²) in [5, 5.41) is 30.9. The first kappa shape index (κ1) is 54.8. The maximum absolute atomic E-state index is 12.8. The lowest BCUT2D eigenvalue weighted by Crippen LogP contribution is -2.60. The van der Waals surface area contributed by atoms with Crippen molar-refractivity contribution in [1.82, 2.24) is 0 Å². The molecule has 0 aliphatic carbocycles. The fourth-order valence-corrected chi connectivity index (χ4v) is 6.73. The van der Waals surface area contributed by atoms with Crippen LogP contribution < -0.4 is 0 Å². The van der Waals surface area contributed by atoms with E-state index in [9.17, 15) is 37.9 Å². The fraction of sp³-hybridized carbons (Fsp3) is 0.660. The monoisotopic (exact) mass is 865 g/mol. The SMILES string of the molecule is CC/C=C/C/C=C/C/C=C/CCCCCCCC(=O)O[C@H](COC(=O)CCC/C=C/C/C=C/C/C=C/C/C=C/CCCCC)CO[C@H]1O[C@H](CS(=O)(=O)O)[C@@H](O)C(O)C1O. The quantitative estimate of drug-likeness (QED) is 0.0206. The third-order valence-electron chi connectivity index (χ3n) is 9.46. The molecule has 1 saturated heterocycles. The van der Waals surface area contributed by atoms with Gasteiger partial charge < -0.3 is 34.3 Å². The van der Waals surface area contributed by atoms with Crippen molar-refractivity contribution in [3.05, 3.63) is 85.1 Å². The molecule has 2 unspecified atom stereocenters. The molecular formula is C47H76O12S. The molecule has 1 heterocycles. The van der Waals surface area contributed by atoms with Gasteiger partial charge in [-0.15, -0.1) is 0 Å². The van der Waals surface area contributed by atoms with Gasteiger partial charge in [-0.1, -0.05) is 131 Å². The molecule has 0 aromatic rings. The van der Waals surface area contributed by atoms with Crippen molar-refractivity contribution in [3.63, 3.8) is 0 Å². The van der Waals surface area contributed by atoms with Gasteiger partial charge in [-0.3, -0.25) is 14.1 Å². The molecule has 342 valence electrons. The maximum atomic E-state index is 12.8. The second kappa shape index (κ2) is 36.5. The molecule has 0 radical (unpaired) electrons. The molecule has 1 rings (SSSR count). The lowest BCUT2D eigenvalue weighted by molar-refractivity contribution is -0.297. The van der Waals surface area contributed by atoms with Crippen molar-refractivity contribution >= 4 is 22.1 Å². The molecule has 0 amide bonds. The van der Waals surface area contributed by atoms with Gasteiger partial charge in [-0.05, 0) is 83.5 Å². The average Bonchev–Trinajstić information content (AvgIpc) is 3.21. The highest BCUT2D eigenvalue weighted by molar-refractivity contribution is 7.85. The molecule has 1 aliphatic heterocycles. The summed E-state index contributed by atoms with van der Waals surface area (Å²) in [7, 11) is -4.61. The van der Waals surface area contributed by atoms with E-state index in [4.69, 9.17) is 18.9 Å². The van der Waals surface area contributed by atoms with Crippen LogP contribution in [-0.4, -0.2) is 96.0 Å². The van der Waals surface area contributed by atoms with E-state index in [2.05, 4.69) is 86.8 Å². The Kier molecular flexibility index (Phi) is 33.3. The number of carbonyl (C=O) groups is 2. The van der Waals surface area contributed by atoms with Crippen LogP contribution in [-0.2, 0) is 38.7 Å². The second-order valence-corrected chi connectivity index (χ2v) is 16.5. The van der Waals surface area contributed by atoms with Crippen LogP contribution >= 0.6 is 0 Å². The highest BCUT2D eigenvalue weighted by Crippen LogP contribution is 2.24. The predicted octanol–water partition coefficient (Wildman–Crippen LogP) is 8.89. The summed E-state index contributed by atoms with van der Waals surface area (Å²) in [6.45, 7) is 3.54. The van der Waals surface area contributed by atoms with Crippen LogP contribution in [0.15, 0.2) is 85.1 Å². The van der Waals surface area contributed by atoms with Gasteiger partial charge in [0.15, 0.2) is 12.4 Å². The zero-order valence-corrected chi connectivity index (χ0v) is 37.1. The number of carbonyl (C=O) groups excluding carboxylic acids is 2. The van der Waals surface area contributed by atoms with Gasteiger partial charge >= 0.3 is 11.9 Å². The zero-order chi connectivity index (χ0) is 44.1. The van der Waals surface area contributed by atoms with Crippen LogP contribution in [0.5, 0.6) is 0 Å². The minimum absolute atomic E-state index is 0.128. The van der Waals surface area contributed by atoms with Crippen molar-refractivity contribution in [2.45, 2.75) is 179 Å². The highest BCUT2D eigenvalue weighted by Gasteiger charge is 2.46. The molecule has 6 atom stereocenters. The number of esters is 2. The van der Waals surface area contributed by atoms with Gasteiger partial charge in [0, 0.05) is 12.8 Å². The number of ether oxygens (including phenoxy) is 4. The Morgan fingerprint density at radius 1 is 0.583 bits per heavy atom. The Bertz CT molecular complexity index is 1430. The number of hydrogen-bond acceptors (Lipinski definition) is 11. The van der Waals surface area contributed by atoms with Crippen LogP contribution in [0.25, 0.3) is 0 Å². The van der Waals surface area contributed by atoms with Crippen LogP contribution in [0.4, 0.5) is 0 Å². The maximum Gasteiger partial charge on any atom is 0.306 e. The van der Waals surface area contributed by atoms with Crippen LogP contribution in [0.1, 0.15) is 142 Å². The van der Waals surface area contributed by atoms with E-state index in [0.717, 1.165) is 77.0 Å². The van der Waals surface area contributed by atoms with E-state index in [0.29, 0.717) is 19.3 Å². The van der Waals surface area contributed by atoms with Gasteiger partial charge in [0.2, 0.25) is 0 Å². The molecule has 12 nitrogen and oxygen atoms in total. The van der Waals surface area contributed by atoms with Gasteiger partial charge in [0.25, 0.3) is 10.1 Å². The molecule has 0 aromatic heterocycles. The van der Waals surface area contributed by atoms with E-state index < -0.39 is 71.2 Å². The Hall–Kier alpha value is -3.17. The topological polar surface area (TPSA) is 186 Å². The normalized spacial score (nSPS) is 20.9. The fourth-order valence-electron chi connectivity index (χ4n) is 6.03. The van der Waals surface area contributed by atoms with Gasteiger partial charge in [0.1, 0.15) is 36.8 Å². The summed E-state index contributed by atoms with van der Waals surface area (Å²) in [6.07, 6.45) is 37.7. The molecule has 1 aliphatic rings. The molecule has 0 saturated carbocycles. The largest absolute Gasteiger partial charge is 0.462 e. The van der Waals surface area contributed by atoms with E-state index in [-0.39, 0.29) is 19.4 Å². The molecule has 13 heteroatoms. The van der Waals surface area contributed by atoms with Gasteiger partial charge in [-0.2, -0.15) is 8.42 Å². The third kappa shape index (κ3) is 30.8. The minimum Gasteiger partial charge on any atom is -0.462 e. The summed E-state index contributed by atoms with van der Waals surface area (Å²) in [4.78, 5) is 25.4. The van der Waals surface area contributed by atoms with Gasteiger partial charge in [0.05, 0.1) is 6.61 Å². The van der Waals surface area contributed by atoms with Gasteiger partial charge in [-0.25, -0.2) is 0 Å². The van der Waals surface area contributed by atoms with E-state index in [1.54, 1.807) is 0 Å². The van der Waals surface area contributed by atoms with Crippen LogP contribution in [0, 0.1) is 0 Å². The third-order valence-corrected chi connectivity index (χ3v) is 10.2. The lowest BCUT2D eigenvalue weighted by atomic mass is 10.00. The number of aliphatic hydroxyl groups is 3. The lowest BCUT2D eigenvalue weighted by Gasteiger charge is -2.40. The van der Waals surface area contributed by atoms with E-state index >= 15 is 0 Å². The Morgan fingerprint density at radius 3 is 1.62 bits per heavy atom. The molecule has 0 bridgehead atoms. The first-order chi connectivity index (χ1) is 29.0. The van der Waals surface area contributed by atoms with Crippen molar-refractivity contribution in [2.24, 2.45) is 0 Å². The summed E-state index contributed by atoms with van der Waals surface area (Å²) >= 11 is 0. The van der Waals surface area contributed by atoms with Crippen molar-refractivity contribution in [3.8, 4) is 0 Å². The Morgan fingerprint density at radius 2 is 1.07 bits per heavy atom. The molecule has 60 heavy (non-hydrogen) atoms. The van der Waals surface area contributed by atoms with Crippen molar-refractivity contribution in [1.29, 1.82) is 0 Å². The molecule has 4 N–H and O–H groups in total.